The van der Waals surface area contributed by atoms with Gasteiger partial charge in [0.2, 0.25) is 6.29 Å². The molecule has 0 radical (unpaired) electrons. The SMILES string of the molecule is c1cc(C2OCCO2)nc(N2CCOCC2)c1. The predicted octanol–water partition coefficient (Wildman–Crippen LogP) is 0.964. The average Bonchev–Trinajstić information content (AvgIpc) is 2.94. The Labute approximate surface area is 100 Å². The minimum atomic E-state index is -0.295. The van der Waals surface area contributed by atoms with Crippen LogP contribution in [0.2, 0.25) is 0 Å². The van der Waals surface area contributed by atoms with E-state index >= 15 is 0 Å². The summed E-state index contributed by atoms with van der Waals surface area (Å²) in [5.74, 6) is 0.977. The van der Waals surface area contributed by atoms with Crippen LogP contribution in [-0.2, 0) is 14.2 Å². The molecule has 0 aliphatic carbocycles. The molecule has 1 aromatic heterocycles. The van der Waals surface area contributed by atoms with Crippen LogP contribution in [0.1, 0.15) is 12.0 Å². The Morgan fingerprint density at radius 3 is 2.59 bits per heavy atom. The van der Waals surface area contributed by atoms with E-state index < -0.39 is 0 Å². The number of ether oxygens (including phenoxy) is 3. The van der Waals surface area contributed by atoms with E-state index in [1.54, 1.807) is 0 Å². The van der Waals surface area contributed by atoms with E-state index in [2.05, 4.69) is 9.88 Å². The molecule has 1 aromatic rings. The predicted molar refractivity (Wildman–Crippen MR) is 61.9 cm³/mol. The lowest BCUT2D eigenvalue weighted by atomic mass is 10.3. The highest BCUT2D eigenvalue weighted by Gasteiger charge is 2.21. The molecule has 92 valence electrons. The van der Waals surface area contributed by atoms with Crippen LogP contribution in [0.3, 0.4) is 0 Å². The summed E-state index contributed by atoms with van der Waals surface area (Å²) in [4.78, 5) is 6.82. The van der Waals surface area contributed by atoms with Gasteiger partial charge in [0.15, 0.2) is 0 Å². The monoisotopic (exact) mass is 236 g/mol. The van der Waals surface area contributed by atoms with Gasteiger partial charge < -0.3 is 19.1 Å². The summed E-state index contributed by atoms with van der Waals surface area (Å²) >= 11 is 0. The lowest BCUT2D eigenvalue weighted by molar-refractivity contribution is -0.0472. The average molecular weight is 236 g/mol. The molecule has 0 unspecified atom stereocenters. The Kier molecular flexibility index (Phi) is 3.22. The Morgan fingerprint density at radius 1 is 1.06 bits per heavy atom. The second-order valence-corrected chi connectivity index (χ2v) is 4.09. The molecule has 0 saturated carbocycles. The molecule has 2 saturated heterocycles. The van der Waals surface area contributed by atoms with Crippen molar-refractivity contribution in [2.45, 2.75) is 6.29 Å². The molecular weight excluding hydrogens is 220 g/mol. The standard InChI is InChI=1S/C12H16N2O3/c1-2-10(12-16-8-9-17-12)13-11(3-1)14-4-6-15-7-5-14/h1-3,12H,4-9H2. The normalized spacial score (nSPS) is 22.0. The van der Waals surface area contributed by atoms with Gasteiger partial charge in [0.05, 0.1) is 32.1 Å². The van der Waals surface area contributed by atoms with Gasteiger partial charge >= 0.3 is 0 Å². The maximum atomic E-state index is 5.45. The van der Waals surface area contributed by atoms with Crippen molar-refractivity contribution >= 4 is 5.82 Å². The number of rotatable bonds is 2. The summed E-state index contributed by atoms with van der Waals surface area (Å²) < 4.78 is 16.2. The van der Waals surface area contributed by atoms with Gasteiger partial charge in [-0.05, 0) is 12.1 Å². The zero-order chi connectivity index (χ0) is 11.5. The van der Waals surface area contributed by atoms with Crippen molar-refractivity contribution in [2.24, 2.45) is 0 Å². The fourth-order valence-corrected chi connectivity index (χ4v) is 2.07. The topological polar surface area (TPSA) is 43.8 Å². The number of hydrogen-bond acceptors (Lipinski definition) is 5. The van der Waals surface area contributed by atoms with Gasteiger partial charge in [-0.15, -0.1) is 0 Å². The molecule has 2 aliphatic heterocycles. The molecule has 5 nitrogen and oxygen atoms in total. The summed E-state index contributed by atoms with van der Waals surface area (Å²) in [5.41, 5.74) is 0.853. The first-order valence-corrected chi connectivity index (χ1v) is 5.96. The number of aromatic nitrogens is 1. The van der Waals surface area contributed by atoms with E-state index in [1.165, 1.54) is 0 Å². The summed E-state index contributed by atoms with van der Waals surface area (Å²) in [7, 11) is 0. The summed E-state index contributed by atoms with van der Waals surface area (Å²) in [6.45, 7) is 4.61. The van der Waals surface area contributed by atoms with Crippen molar-refractivity contribution in [2.75, 3.05) is 44.4 Å². The highest BCUT2D eigenvalue weighted by molar-refractivity contribution is 5.39. The third-order valence-corrected chi connectivity index (χ3v) is 2.95. The van der Waals surface area contributed by atoms with Crippen LogP contribution >= 0.6 is 0 Å². The molecule has 0 spiro atoms. The van der Waals surface area contributed by atoms with Gasteiger partial charge in [-0.1, -0.05) is 6.07 Å². The maximum Gasteiger partial charge on any atom is 0.201 e. The van der Waals surface area contributed by atoms with Crippen molar-refractivity contribution in [3.63, 3.8) is 0 Å². The first kappa shape index (κ1) is 11.0. The number of morpholine rings is 1. The minimum absolute atomic E-state index is 0.295. The Bertz CT molecular complexity index is 374. The molecule has 0 bridgehead atoms. The number of hydrogen-bond donors (Lipinski definition) is 0. The smallest absolute Gasteiger partial charge is 0.201 e. The quantitative estimate of drug-likeness (QED) is 0.765. The van der Waals surface area contributed by atoms with Crippen molar-refractivity contribution < 1.29 is 14.2 Å². The highest BCUT2D eigenvalue weighted by Crippen LogP contribution is 2.23. The number of pyridine rings is 1. The van der Waals surface area contributed by atoms with Gasteiger partial charge in [-0.2, -0.15) is 0 Å². The molecule has 0 N–H and O–H groups in total. The molecule has 3 heterocycles. The molecule has 0 aromatic carbocycles. The first-order valence-electron chi connectivity index (χ1n) is 5.96. The van der Waals surface area contributed by atoms with E-state index in [1.807, 2.05) is 18.2 Å². The fraction of sp³-hybridized carbons (Fsp3) is 0.583. The molecule has 2 aliphatic rings. The maximum absolute atomic E-state index is 5.45. The summed E-state index contributed by atoms with van der Waals surface area (Å²) in [5, 5.41) is 0. The molecule has 5 heteroatoms. The lowest BCUT2D eigenvalue weighted by Crippen LogP contribution is -2.36. The molecule has 0 atom stereocenters. The number of nitrogens with zero attached hydrogens (tertiary/aromatic N) is 2. The molecular formula is C12H16N2O3. The van der Waals surface area contributed by atoms with Crippen molar-refractivity contribution in [3.8, 4) is 0 Å². The fourth-order valence-electron chi connectivity index (χ4n) is 2.07. The van der Waals surface area contributed by atoms with Gasteiger partial charge in [0.1, 0.15) is 5.82 Å². The van der Waals surface area contributed by atoms with E-state index in [0.717, 1.165) is 37.8 Å². The third-order valence-electron chi connectivity index (χ3n) is 2.95. The zero-order valence-electron chi connectivity index (χ0n) is 9.67. The molecule has 2 fully saturated rings. The summed E-state index contributed by atoms with van der Waals surface area (Å²) in [6, 6.07) is 5.96. The Hall–Kier alpha value is -1.17. The van der Waals surface area contributed by atoms with Crippen LogP contribution < -0.4 is 4.90 Å². The second-order valence-electron chi connectivity index (χ2n) is 4.09. The Balaban J connectivity index is 1.77. The minimum Gasteiger partial charge on any atom is -0.378 e. The van der Waals surface area contributed by atoms with Crippen LogP contribution in [0.5, 0.6) is 0 Å². The van der Waals surface area contributed by atoms with Crippen molar-refractivity contribution in [1.29, 1.82) is 0 Å². The second kappa shape index (κ2) is 5.00. The van der Waals surface area contributed by atoms with E-state index in [-0.39, 0.29) is 6.29 Å². The first-order chi connectivity index (χ1) is 8.43. The van der Waals surface area contributed by atoms with Gasteiger partial charge in [0, 0.05) is 13.1 Å². The Morgan fingerprint density at radius 2 is 1.82 bits per heavy atom. The molecule has 0 amide bonds. The van der Waals surface area contributed by atoms with Crippen LogP contribution in [0, 0.1) is 0 Å². The largest absolute Gasteiger partial charge is 0.378 e. The van der Waals surface area contributed by atoms with Gasteiger partial charge in [-0.3, -0.25) is 0 Å². The van der Waals surface area contributed by atoms with Crippen molar-refractivity contribution in [1.82, 2.24) is 4.98 Å². The van der Waals surface area contributed by atoms with Crippen LogP contribution in [0.15, 0.2) is 18.2 Å². The molecule has 3 rings (SSSR count). The van der Waals surface area contributed by atoms with Crippen LogP contribution in [0.25, 0.3) is 0 Å². The molecule has 17 heavy (non-hydrogen) atoms. The van der Waals surface area contributed by atoms with E-state index in [0.29, 0.717) is 13.2 Å². The van der Waals surface area contributed by atoms with Gasteiger partial charge in [0.25, 0.3) is 0 Å². The van der Waals surface area contributed by atoms with E-state index in [4.69, 9.17) is 14.2 Å². The van der Waals surface area contributed by atoms with Crippen molar-refractivity contribution in [3.05, 3.63) is 23.9 Å². The zero-order valence-corrected chi connectivity index (χ0v) is 9.67. The third kappa shape index (κ3) is 2.41. The van der Waals surface area contributed by atoms with E-state index in [9.17, 15) is 0 Å². The summed E-state index contributed by atoms with van der Waals surface area (Å²) in [6.07, 6.45) is -0.295. The van der Waals surface area contributed by atoms with Crippen LogP contribution in [-0.4, -0.2) is 44.5 Å². The highest BCUT2D eigenvalue weighted by atomic mass is 16.7. The van der Waals surface area contributed by atoms with Crippen LogP contribution in [0.4, 0.5) is 5.82 Å². The van der Waals surface area contributed by atoms with Gasteiger partial charge in [-0.25, -0.2) is 4.98 Å². The number of anilines is 1. The lowest BCUT2D eigenvalue weighted by Gasteiger charge is -2.28.